The summed E-state index contributed by atoms with van der Waals surface area (Å²) in [4.78, 5) is 13.0. The van der Waals surface area contributed by atoms with Crippen LogP contribution in [0.4, 0.5) is 0 Å². The van der Waals surface area contributed by atoms with E-state index in [0.717, 1.165) is 6.21 Å². The molecule has 0 aliphatic carbocycles. The standard InChI is InChI=1S/C5H7NO2.Na/c1-2-3-6-4-5(7)8;/h2,4H,1,3H2,(H,7,8);/q;+1/p-1. The Morgan fingerprint density at radius 3 is 2.67 bits per heavy atom. The van der Waals surface area contributed by atoms with Crippen LogP contribution in [0, 0.1) is 0 Å². The fraction of sp³-hybridized carbons (Fsp3) is 0.200. The summed E-state index contributed by atoms with van der Waals surface area (Å²) in [6, 6.07) is 0. The number of rotatable bonds is 3. The molecule has 0 atom stereocenters. The molecule has 0 heterocycles. The van der Waals surface area contributed by atoms with Gasteiger partial charge in [-0.15, -0.1) is 6.58 Å². The Morgan fingerprint density at radius 1 is 1.78 bits per heavy atom. The quantitative estimate of drug-likeness (QED) is 0.225. The third-order valence-electron chi connectivity index (χ3n) is 0.431. The first-order chi connectivity index (χ1) is 3.77. The minimum atomic E-state index is -1.27. The van der Waals surface area contributed by atoms with Gasteiger partial charge in [0, 0.05) is 6.21 Å². The van der Waals surface area contributed by atoms with Gasteiger partial charge in [-0.2, -0.15) is 0 Å². The average Bonchev–Trinajstić information content (AvgIpc) is 1.66. The molecule has 0 fully saturated rings. The molecule has 0 radical (unpaired) electrons. The van der Waals surface area contributed by atoms with E-state index in [1.54, 1.807) is 0 Å². The summed E-state index contributed by atoms with van der Waals surface area (Å²) in [5.74, 6) is -1.27. The van der Waals surface area contributed by atoms with Gasteiger partial charge in [0.05, 0.1) is 12.5 Å². The Labute approximate surface area is 75.8 Å². The summed E-state index contributed by atoms with van der Waals surface area (Å²) >= 11 is 0. The maximum absolute atomic E-state index is 9.58. The van der Waals surface area contributed by atoms with Crippen LogP contribution in [0.15, 0.2) is 17.6 Å². The zero-order chi connectivity index (χ0) is 6.41. The molecule has 0 aromatic carbocycles. The second-order valence-corrected chi connectivity index (χ2v) is 1.10. The van der Waals surface area contributed by atoms with E-state index in [9.17, 15) is 9.90 Å². The number of aliphatic imine (C=N–C) groups is 1. The number of hydrogen-bond donors (Lipinski definition) is 0. The molecule has 0 rings (SSSR count). The second kappa shape index (κ2) is 7.88. The van der Waals surface area contributed by atoms with Gasteiger partial charge in [-0.05, 0) is 0 Å². The molecular formula is C5H6NNaO2. The van der Waals surface area contributed by atoms with Gasteiger partial charge in [-0.3, -0.25) is 4.99 Å². The zero-order valence-electron chi connectivity index (χ0n) is 5.33. The minimum Gasteiger partial charge on any atom is -0.544 e. The van der Waals surface area contributed by atoms with Gasteiger partial charge in [0.1, 0.15) is 0 Å². The fourth-order valence-corrected chi connectivity index (χ4v) is 0.202. The molecule has 0 N–H and O–H groups in total. The molecule has 0 saturated carbocycles. The molecule has 0 unspecified atom stereocenters. The van der Waals surface area contributed by atoms with E-state index in [1.165, 1.54) is 6.08 Å². The summed E-state index contributed by atoms with van der Waals surface area (Å²) in [5, 5.41) is 9.58. The molecule has 9 heavy (non-hydrogen) atoms. The van der Waals surface area contributed by atoms with E-state index in [2.05, 4.69) is 11.6 Å². The van der Waals surface area contributed by atoms with Gasteiger partial charge < -0.3 is 9.90 Å². The number of nitrogens with zero attached hydrogens (tertiary/aromatic N) is 1. The molecule has 0 saturated heterocycles. The normalized spacial score (nSPS) is 8.44. The molecule has 0 aliphatic heterocycles. The van der Waals surface area contributed by atoms with E-state index in [4.69, 9.17) is 0 Å². The molecule has 3 nitrogen and oxygen atoms in total. The second-order valence-electron chi connectivity index (χ2n) is 1.10. The fourth-order valence-electron chi connectivity index (χ4n) is 0.202. The van der Waals surface area contributed by atoms with Crippen molar-refractivity contribution in [3.63, 3.8) is 0 Å². The average molecular weight is 135 g/mol. The largest absolute Gasteiger partial charge is 1.00 e. The van der Waals surface area contributed by atoms with Crippen LogP contribution in [0.1, 0.15) is 0 Å². The van der Waals surface area contributed by atoms with Crippen LogP contribution in [-0.2, 0) is 4.79 Å². The van der Waals surface area contributed by atoms with Crippen LogP contribution in [-0.4, -0.2) is 18.7 Å². The van der Waals surface area contributed by atoms with Crippen LogP contribution in [0.5, 0.6) is 0 Å². The maximum atomic E-state index is 9.58. The minimum absolute atomic E-state index is 0. The van der Waals surface area contributed by atoms with Crippen molar-refractivity contribution in [2.45, 2.75) is 0 Å². The molecular weight excluding hydrogens is 129 g/mol. The SMILES string of the molecule is C=CCN=CC(=O)[O-].[Na+]. The number of carbonyl (C=O) groups excluding carboxylic acids is 1. The number of carbonyl (C=O) groups is 1. The first-order valence-corrected chi connectivity index (χ1v) is 2.09. The van der Waals surface area contributed by atoms with Crippen molar-refractivity contribution in [2.75, 3.05) is 6.54 Å². The van der Waals surface area contributed by atoms with Crippen molar-refractivity contribution < 1.29 is 39.5 Å². The van der Waals surface area contributed by atoms with Gasteiger partial charge in [0.25, 0.3) is 0 Å². The molecule has 0 spiro atoms. The predicted molar refractivity (Wildman–Crippen MR) is 28.6 cm³/mol. The summed E-state index contributed by atoms with van der Waals surface area (Å²) in [6.07, 6.45) is 2.24. The Hall–Kier alpha value is -0.120. The molecule has 0 bridgehead atoms. The van der Waals surface area contributed by atoms with Gasteiger partial charge in [-0.25, -0.2) is 0 Å². The van der Waals surface area contributed by atoms with E-state index in [-0.39, 0.29) is 29.6 Å². The molecule has 0 amide bonds. The Balaban J connectivity index is 0. The Kier molecular flexibility index (Phi) is 10.2. The number of carboxylic acid groups (broad SMARTS) is 1. The summed E-state index contributed by atoms with van der Waals surface area (Å²) < 4.78 is 0. The number of carboxylic acids is 1. The van der Waals surface area contributed by atoms with Crippen LogP contribution in [0.25, 0.3) is 0 Å². The van der Waals surface area contributed by atoms with Crippen LogP contribution < -0.4 is 34.7 Å². The Morgan fingerprint density at radius 2 is 2.33 bits per heavy atom. The molecule has 0 aliphatic rings. The topological polar surface area (TPSA) is 52.5 Å². The van der Waals surface area contributed by atoms with Crippen LogP contribution in [0.2, 0.25) is 0 Å². The third-order valence-corrected chi connectivity index (χ3v) is 0.431. The molecule has 44 valence electrons. The Bertz CT molecular complexity index is 122. The third kappa shape index (κ3) is 11.4. The van der Waals surface area contributed by atoms with E-state index in [1.807, 2.05) is 0 Å². The van der Waals surface area contributed by atoms with Crippen LogP contribution in [0.3, 0.4) is 0 Å². The monoisotopic (exact) mass is 135 g/mol. The maximum Gasteiger partial charge on any atom is 1.00 e. The van der Waals surface area contributed by atoms with Crippen molar-refractivity contribution in [3.8, 4) is 0 Å². The summed E-state index contributed by atoms with van der Waals surface area (Å²) in [5.41, 5.74) is 0. The first kappa shape index (κ1) is 11.6. The van der Waals surface area contributed by atoms with Crippen molar-refractivity contribution >= 4 is 12.2 Å². The van der Waals surface area contributed by atoms with Crippen molar-refractivity contribution in [2.24, 2.45) is 4.99 Å². The van der Waals surface area contributed by atoms with E-state index >= 15 is 0 Å². The van der Waals surface area contributed by atoms with E-state index in [0.29, 0.717) is 6.54 Å². The van der Waals surface area contributed by atoms with Gasteiger partial charge in [0.2, 0.25) is 0 Å². The van der Waals surface area contributed by atoms with Crippen molar-refractivity contribution in [1.82, 2.24) is 0 Å². The first-order valence-electron chi connectivity index (χ1n) is 2.09. The summed E-state index contributed by atoms with van der Waals surface area (Å²) in [6.45, 7) is 3.66. The molecule has 0 aromatic rings. The van der Waals surface area contributed by atoms with Crippen molar-refractivity contribution in [1.29, 1.82) is 0 Å². The van der Waals surface area contributed by atoms with Gasteiger partial charge in [-0.1, -0.05) is 6.08 Å². The molecule has 0 aromatic heterocycles. The predicted octanol–water partition coefficient (Wildman–Crippen LogP) is -4.00. The zero-order valence-corrected chi connectivity index (χ0v) is 7.33. The smallest absolute Gasteiger partial charge is 0.544 e. The summed E-state index contributed by atoms with van der Waals surface area (Å²) in [7, 11) is 0. The number of hydrogen-bond acceptors (Lipinski definition) is 3. The number of aliphatic carboxylic acids is 1. The van der Waals surface area contributed by atoms with Crippen LogP contribution >= 0.6 is 0 Å². The molecule has 4 heteroatoms. The van der Waals surface area contributed by atoms with Gasteiger partial charge >= 0.3 is 29.6 Å². The van der Waals surface area contributed by atoms with Gasteiger partial charge in [0.15, 0.2) is 0 Å². The van der Waals surface area contributed by atoms with Crippen molar-refractivity contribution in [3.05, 3.63) is 12.7 Å². The van der Waals surface area contributed by atoms with E-state index < -0.39 is 5.97 Å².